The first-order valence-electron chi connectivity index (χ1n) is 5.54. The predicted octanol–water partition coefficient (Wildman–Crippen LogP) is 3.63. The summed E-state index contributed by atoms with van der Waals surface area (Å²) in [6, 6.07) is 4.61. The van der Waals surface area contributed by atoms with Crippen LogP contribution in [0, 0.1) is 12.7 Å². The molecule has 1 aromatic carbocycles. The Labute approximate surface area is 118 Å². The van der Waals surface area contributed by atoms with Crippen molar-refractivity contribution in [1.82, 2.24) is 4.98 Å². The highest BCUT2D eigenvalue weighted by Crippen LogP contribution is 2.30. The van der Waals surface area contributed by atoms with Crippen molar-refractivity contribution in [2.75, 3.05) is 18.2 Å². The molecule has 2 aromatic rings. The van der Waals surface area contributed by atoms with E-state index in [1.54, 1.807) is 18.3 Å². The topological polar surface area (TPSA) is 60.2 Å². The number of ether oxygens (including phenoxy) is 1. The number of nitrogens with one attached hydrogen (secondary N) is 1. The van der Waals surface area contributed by atoms with E-state index < -0.39 is 5.82 Å². The molecule has 3 N–H and O–H groups in total. The first kappa shape index (κ1) is 13.6. The zero-order chi connectivity index (χ0) is 14.0. The second-order valence-corrected chi connectivity index (χ2v) is 4.77. The molecule has 0 atom stereocenters. The van der Waals surface area contributed by atoms with Gasteiger partial charge in [0, 0.05) is 11.8 Å². The monoisotopic (exact) mass is 325 g/mol. The molecule has 0 amide bonds. The summed E-state index contributed by atoms with van der Waals surface area (Å²) in [5, 5.41) is 3.02. The Hall–Kier alpha value is -1.82. The summed E-state index contributed by atoms with van der Waals surface area (Å²) in [5.41, 5.74) is 7.80. The second-order valence-electron chi connectivity index (χ2n) is 3.98. The van der Waals surface area contributed by atoms with Gasteiger partial charge in [-0.2, -0.15) is 0 Å². The fraction of sp³-hybridized carbons (Fsp3) is 0.154. The lowest BCUT2D eigenvalue weighted by molar-refractivity contribution is 0.386. The molecule has 0 spiro atoms. The molecule has 100 valence electrons. The maximum absolute atomic E-state index is 13.6. The average Bonchev–Trinajstić information content (AvgIpc) is 2.40. The predicted molar refractivity (Wildman–Crippen MR) is 77.3 cm³/mol. The maximum Gasteiger partial charge on any atom is 0.167 e. The molecular formula is C13H13BrFN3O. The lowest BCUT2D eigenvalue weighted by Gasteiger charge is -2.11. The summed E-state index contributed by atoms with van der Waals surface area (Å²) in [7, 11) is 1.42. The van der Waals surface area contributed by atoms with Gasteiger partial charge in [0.15, 0.2) is 11.6 Å². The Bertz CT molecular complexity index is 619. The van der Waals surface area contributed by atoms with Gasteiger partial charge < -0.3 is 15.8 Å². The van der Waals surface area contributed by atoms with E-state index in [-0.39, 0.29) is 5.75 Å². The van der Waals surface area contributed by atoms with Crippen molar-refractivity contribution in [2.24, 2.45) is 0 Å². The summed E-state index contributed by atoms with van der Waals surface area (Å²) in [6.07, 6.45) is 1.56. The fourth-order valence-corrected chi connectivity index (χ4v) is 1.99. The fourth-order valence-electron chi connectivity index (χ4n) is 1.56. The summed E-state index contributed by atoms with van der Waals surface area (Å²) in [6.45, 7) is 1.88. The number of nitrogens with two attached hydrogens (primary N) is 1. The van der Waals surface area contributed by atoms with Crippen molar-refractivity contribution in [2.45, 2.75) is 6.92 Å². The summed E-state index contributed by atoms with van der Waals surface area (Å²) in [4.78, 5) is 4.17. The number of nitrogen functional groups attached to an aromatic ring is 1. The number of pyridine rings is 1. The third-order valence-electron chi connectivity index (χ3n) is 2.72. The van der Waals surface area contributed by atoms with E-state index in [9.17, 15) is 4.39 Å². The van der Waals surface area contributed by atoms with Crippen LogP contribution in [0.3, 0.4) is 0 Å². The molecule has 0 saturated heterocycles. The molecule has 0 aliphatic rings. The van der Waals surface area contributed by atoms with Crippen molar-refractivity contribution < 1.29 is 9.13 Å². The van der Waals surface area contributed by atoms with Gasteiger partial charge in [-0.3, -0.25) is 0 Å². The van der Waals surface area contributed by atoms with E-state index in [1.165, 1.54) is 13.2 Å². The minimum atomic E-state index is -0.434. The molecule has 19 heavy (non-hydrogen) atoms. The summed E-state index contributed by atoms with van der Waals surface area (Å²) < 4.78 is 19.2. The van der Waals surface area contributed by atoms with Crippen LogP contribution in [-0.4, -0.2) is 12.1 Å². The van der Waals surface area contributed by atoms with Crippen LogP contribution in [-0.2, 0) is 0 Å². The van der Waals surface area contributed by atoms with Crippen LogP contribution in [0.15, 0.2) is 28.9 Å². The van der Waals surface area contributed by atoms with E-state index in [2.05, 4.69) is 26.2 Å². The Morgan fingerprint density at radius 2 is 2.16 bits per heavy atom. The average molecular weight is 326 g/mol. The Kier molecular flexibility index (Phi) is 3.90. The van der Waals surface area contributed by atoms with Gasteiger partial charge in [-0.1, -0.05) is 0 Å². The van der Waals surface area contributed by atoms with Crippen LogP contribution in [0.5, 0.6) is 5.75 Å². The molecule has 0 saturated carbocycles. The molecule has 4 nitrogen and oxygen atoms in total. The molecule has 0 bridgehead atoms. The van der Waals surface area contributed by atoms with Gasteiger partial charge in [-0.15, -0.1) is 0 Å². The first-order valence-corrected chi connectivity index (χ1v) is 6.33. The van der Waals surface area contributed by atoms with Crippen molar-refractivity contribution >= 4 is 33.1 Å². The number of methoxy groups -OCH3 is 1. The van der Waals surface area contributed by atoms with Gasteiger partial charge in [-0.05, 0) is 40.5 Å². The van der Waals surface area contributed by atoms with Crippen molar-refractivity contribution in [3.63, 3.8) is 0 Å². The van der Waals surface area contributed by atoms with Crippen LogP contribution < -0.4 is 15.8 Å². The number of anilines is 3. The Balaban J connectivity index is 2.31. The highest BCUT2D eigenvalue weighted by molar-refractivity contribution is 9.10. The van der Waals surface area contributed by atoms with Crippen molar-refractivity contribution in [1.29, 1.82) is 0 Å². The molecule has 0 unspecified atom stereocenters. The van der Waals surface area contributed by atoms with Gasteiger partial charge in [-0.25, -0.2) is 9.37 Å². The maximum atomic E-state index is 13.6. The molecule has 1 aromatic heterocycles. The quantitative estimate of drug-likeness (QED) is 0.904. The minimum absolute atomic E-state index is 0.200. The highest BCUT2D eigenvalue weighted by Gasteiger charge is 2.09. The standard InChI is InChI=1S/C13H13BrFN3O/c1-7-10(16)6-17-13(12(7)14)18-8-3-4-11(19-2)9(15)5-8/h3-6H,16H2,1-2H3,(H,17,18). The minimum Gasteiger partial charge on any atom is -0.494 e. The first-order chi connectivity index (χ1) is 9.02. The van der Waals surface area contributed by atoms with Crippen LogP contribution in [0.25, 0.3) is 0 Å². The highest BCUT2D eigenvalue weighted by atomic mass is 79.9. The normalized spacial score (nSPS) is 10.3. The smallest absolute Gasteiger partial charge is 0.167 e. The third kappa shape index (κ3) is 2.78. The van der Waals surface area contributed by atoms with Crippen molar-refractivity contribution in [3.8, 4) is 5.75 Å². The number of halogens is 2. The molecule has 0 fully saturated rings. The van der Waals surface area contributed by atoms with Crippen LogP contribution in [0.1, 0.15) is 5.56 Å². The molecular weight excluding hydrogens is 313 g/mol. The lowest BCUT2D eigenvalue weighted by atomic mass is 10.2. The van der Waals surface area contributed by atoms with E-state index in [0.717, 1.165) is 10.0 Å². The van der Waals surface area contributed by atoms with E-state index in [1.807, 2.05) is 6.92 Å². The third-order valence-corrected chi connectivity index (χ3v) is 3.69. The largest absolute Gasteiger partial charge is 0.494 e. The number of aromatic nitrogens is 1. The lowest BCUT2D eigenvalue weighted by Crippen LogP contribution is -2.00. The van der Waals surface area contributed by atoms with Crippen LogP contribution in [0.4, 0.5) is 21.6 Å². The summed E-state index contributed by atoms with van der Waals surface area (Å²) in [5.74, 6) is 0.345. The SMILES string of the molecule is COc1ccc(Nc2ncc(N)c(C)c2Br)cc1F. The zero-order valence-electron chi connectivity index (χ0n) is 10.5. The number of hydrogen-bond donors (Lipinski definition) is 2. The molecule has 2 rings (SSSR count). The number of hydrogen-bond acceptors (Lipinski definition) is 4. The van der Waals surface area contributed by atoms with E-state index in [4.69, 9.17) is 10.5 Å². The van der Waals surface area contributed by atoms with Crippen molar-refractivity contribution in [3.05, 3.63) is 40.2 Å². The number of nitrogens with zero attached hydrogens (tertiary/aromatic N) is 1. The van der Waals surface area contributed by atoms with Crippen LogP contribution >= 0.6 is 15.9 Å². The van der Waals surface area contributed by atoms with E-state index in [0.29, 0.717) is 17.2 Å². The van der Waals surface area contributed by atoms with Gasteiger partial charge in [0.2, 0.25) is 0 Å². The Morgan fingerprint density at radius 3 is 2.79 bits per heavy atom. The second kappa shape index (κ2) is 5.44. The van der Waals surface area contributed by atoms with Gasteiger partial charge >= 0.3 is 0 Å². The van der Waals surface area contributed by atoms with Gasteiger partial charge in [0.1, 0.15) is 5.82 Å². The molecule has 0 radical (unpaired) electrons. The molecule has 6 heteroatoms. The molecule has 0 aliphatic heterocycles. The van der Waals surface area contributed by atoms with Gasteiger partial charge in [0.25, 0.3) is 0 Å². The number of rotatable bonds is 3. The molecule has 0 aliphatic carbocycles. The van der Waals surface area contributed by atoms with Gasteiger partial charge in [0.05, 0.1) is 23.5 Å². The van der Waals surface area contributed by atoms with E-state index >= 15 is 0 Å². The number of benzene rings is 1. The summed E-state index contributed by atoms with van der Waals surface area (Å²) >= 11 is 3.41. The zero-order valence-corrected chi connectivity index (χ0v) is 12.1. The Morgan fingerprint density at radius 1 is 1.42 bits per heavy atom. The van der Waals surface area contributed by atoms with Crippen LogP contribution in [0.2, 0.25) is 0 Å². The molecule has 1 heterocycles.